The molecule has 1 unspecified atom stereocenters. The molecule has 1 saturated carbocycles. The number of rotatable bonds is 4. The number of carbonyl (C=O) groups is 1. The summed E-state index contributed by atoms with van der Waals surface area (Å²) in [6, 6.07) is 4.41. The van der Waals surface area contributed by atoms with Crippen LogP contribution in [0.1, 0.15) is 50.0 Å². The van der Waals surface area contributed by atoms with Gasteiger partial charge in [-0.05, 0) is 24.0 Å². The molecule has 0 aromatic heterocycles. The molecule has 0 saturated heterocycles. The lowest BCUT2D eigenvalue weighted by Gasteiger charge is -2.25. The fourth-order valence-corrected chi connectivity index (χ4v) is 2.97. The van der Waals surface area contributed by atoms with Crippen molar-refractivity contribution in [2.45, 2.75) is 44.4 Å². The van der Waals surface area contributed by atoms with E-state index in [1.807, 2.05) is 0 Å². The highest BCUT2D eigenvalue weighted by Crippen LogP contribution is 2.35. The van der Waals surface area contributed by atoms with E-state index in [0.717, 1.165) is 25.7 Å². The number of para-hydroxylation sites is 1. The van der Waals surface area contributed by atoms with Crippen molar-refractivity contribution in [1.82, 2.24) is 0 Å². The van der Waals surface area contributed by atoms with Gasteiger partial charge in [0, 0.05) is 0 Å². The molecule has 0 radical (unpaired) electrons. The van der Waals surface area contributed by atoms with Gasteiger partial charge in [0.05, 0.1) is 11.6 Å². The summed E-state index contributed by atoms with van der Waals surface area (Å²) in [4.78, 5) is 11.5. The van der Waals surface area contributed by atoms with Crippen molar-refractivity contribution in [2.24, 2.45) is 5.92 Å². The van der Waals surface area contributed by atoms with Gasteiger partial charge in [0.15, 0.2) is 0 Å². The van der Waals surface area contributed by atoms with Gasteiger partial charge in [-0.25, -0.2) is 4.39 Å². The minimum Gasteiger partial charge on any atom is -0.481 e. The van der Waals surface area contributed by atoms with Crippen LogP contribution in [0.25, 0.3) is 0 Å². The second-order valence-corrected chi connectivity index (χ2v) is 5.37. The molecule has 0 bridgehead atoms. The molecule has 1 aliphatic rings. The van der Waals surface area contributed by atoms with Gasteiger partial charge in [-0.2, -0.15) is 0 Å². The smallest absolute Gasteiger partial charge is 0.311 e. The van der Waals surface area contributed by atoms with Crippen LogP contribution in [0.4, 0.5) is 10.1 Å². The Hall–Kier alpha value is -1.58. The van der Waals surface area contributed by atoms with Gasteiger partial charge in [-0.1, -0.05) is 44.2 Å². The lowest BCUT2D eigenvalue weighted by Crippen LogP contribution is -2.19. The van der Waals surface area contributed by atoms with E-state index in [0.29, 0.717) is 17.9 Å². The molecule has 104 valence electrons. The van der Waals surface area contributed by atoms with Gasteiger partial charge in [0.25, 0.3) is 0 Å². The SMILES string of the molecule is Nc1c(F)cccc1C(CC1CCCCC1)C(=O)O. The fourth-order valence-electron chi connectivity index (χ4n) is 2.97. The predicted octanol–water partition coefficient (Wildman–Crippen LogP) is 3.55. The molecule has 0 spiro atoms. The summed E-state index contributed by atoms with van der Waals surface area (Å²) in [5.41, 5.74) is 6.08. The molecule has 1 atom stereocenters. The molecular formula is C15H20FNO2. The number of halogens is 1. The molecule has 3 nitrogen and oxygen atoms in total. The highest BCUT2D eigenvalue weighted by atomic mass is 19.1. The summed E-state index contributed by atoms with van der Waals surface area (Å²) >= 11 is 0. The normalized spacial score (nSPS) is 18.2. The van der Waals surface area contributed by atoms with Crippen molar-refractivity contribution in [2.75, 3.05) is 5.73 Å². The van der Waals surface area contributed by atoms with Crippen LogP contribution in [-0.2, 0) is 4.79 Å². The van der Waals surface area contributed by atoms with Crippen LogP contribution in [-0.4, -0.2) is 11.1 Å². The molecule has 1 aliphatic carbocycles. The maximum atomic E-state index is 13.5. The monoisotopic (exact) mass is 265 g/mol. The van der Waals surface area contributed by atoms with Gasteiger partial charge >= 0.3 is 5.97 Å². The molecule has 0 amide bonds. The molecule has 0 aliphatic heterocycles. The Morgan fingerprint density at radius 1 is 1.37 bits per heavy atom. The molecule has 3 N–H and O–H groups in total. The summed E-state index contributed by atoms with van der Waals surface area (Å²) in [7, 11) is 0. The molecule has 1 fully saturated rings. The molecule has 19 heavy (non-hydrogen) atoms. The molecule has 1 aromatic rings. The number of hydrogen-bond donors (Lipinski definition) is 2. The number of anilines is 1. The van der Waals surface area contributed by atoms with Crippen LogP contribution in [0.15, 0.2) is 18.2 Å². The Morgan fingerprint density at radius 3 is 2.68 bits per heavy atom. The first-order valence-corrected chi connectivity index (χ1v) is 6.86. The zero-order valence-electron chi connectivity index (χ0n) is 10.9. The summed E-state index contributed by atoms with van der Waals surface area (Å²) in [5, 5.41) is 9.39. The van der Waals surface area contributed by atoms with E-state index >= 15 is 0 Å². The van der Waals surface area contributed by atoms with Crippen LogP contribution in [0, 0.1) is 11.7 Å². The second kappa shape index (κ2) is 6.04. The highest BCUT2D eigenvalue weighted by Gasteiger charge is 2.27. The molecule has 2 rings (SSSR count). The van der Waals surface area contributed by atoms with Gasteiger partial charge in [-0.15, -0.1) is 0 Å². The quantitative estimate of drug-likeness (QED) is 0.818. The average Bonchev–Trinajstić information content (AvgIpc) is 2.40. The predicted molar refractivity (Wildman–Crippen MR) is 72.4 cm³/mol. The number of nitrogens with two attached hydrogens (primary N) is 1. The maximum absolute atomic E-state index is 13.5. The summed E-state index contributed by atoms with van der Waals surface area (Å²) in [6.45, 7) is 0. The standard InChI is InChI=1S/C15H20FNO2/c16-13-8-4-7-11(14(13)17)12(15(18)19)9-10-5-2-1-3-6-10/h4,7-8,10,12H,1-3,5-6,9,17H2,(H,18,19). The minimum absolute atomic E-state index is 0.0225. The average molecular weight is 265 g/mol. The number of nitrogen functional groups attached to an aromatic ring is 1. The zero-order valence-corrected chi connectivity index (χ0v) is 10.9. The lowest BCUT2D eigenvalue weighted by molar-refractivity contribution is -0.139. The van der Waals surface area contributed by atoms with Crippen molar-refractivity contribution < 1.29 is 14.3 Å². The zero-order chi connectivity index (χ0) is 13.8. The number of benzene rings is 1. The van der Waals surface area contributed by atoms with Gasteiger partial charge in [0.2, 0.25) is 0 Å². The summed E-state index contributed by atoms with van der Waals surface area (Å²) < 4.78 is 13.5. The van der Waals surface area contributed by atoms with E-state index in [2.05, 4.69) is 0 Å². The Labute approximate surface area is 112 Å². The van der Waals surface area contributed by atoms with Crippen molar-refractivity contribution in [3.05, 3.63) is 29.6 Å². The first kappa shape index (κ1) is 13.8. The number of hydrogen-bond acceptors (Lipinski definition) is 2. The first-order chi connectivity index (χ1) is 9.09. The second-order valence-electron chi connectivity index (χ2n) is 5.37. The third kappa shape index (κ3) is 3.25. The number of aliphatic carboxylic acids is 1. The largest absolute Gasteiger partial charge is 0.481 e. The van der Waals surface area contributed by atoms with Gasteiger partial charge < -0.3 is 10.8 Å². The van der Waals surface area contributed by atoms with E-state index in [1.54, 1.807) is 6.07 Å². The first-order valence-electron chi connectivity index (χ1n) is 6.86. The summed E-state index contributed by atoms with van der Waals surface area (Å²) in [5.74, 6) is -1.73. The van der Waals surface area contributed by atoms with E-state index in [1.165, 1.54) is 18.6 Å². The third-order valence-electron chi connectivity index (χ3n) is 4.05. The number of carboxylic acids is 1. The minimum atomic E-state index is -0.914. The highest BCUT2D eigenvalue weighted by molar-refractivity contribution is 5.78. The topological polar surface area (TPSA) is 63.3 Å². The van der Waals surface area contributed by atoms with E-state index < -0.39 is 17.7 Å². The van der Waals surface area contributed by atoms with E-state index in [-0.39, 0.29) is 5.69 Å². The summed E-state index contributed by atoms with van der Waals surface area (Å²) in [6.07, 6.45) is 6.25. The molecular weight excluding hydrogens is 245 g/mol. The lowest BCUT2D eigenvalue weighted by atomic mass is 9.80. The fraction of sp³-hybridized carbons (Fsp3) is 0.533. The Balaban J connectivity index is 2.19. The van der Waals surface area contributed by atoms with Crippen molar-refractivity contribution in [3.63, 3.8) is 0 Å². The van der Waals surface area contributed by atoms with E-state index in [9.17, 15) is 14.3 Å². The maximum Gasteiger partial charge on any atom is 0.311 e. The Morgan fingerprint density at radius 2 is 2.05 bits per heavy atom. The van der Waals surface area contributed by atoms with E-state index in [4.69, 9.17) is 5.73 Å². The van der Waals surface area contributed by atoms with Crippen LogP contribution in [0.5, 0.6) is 0 Å². The Kier molecular flexibility index (Phi) is 4.40. The third-order valence-corrected chi connectivity index (χ3v) is 4.05. The van der Waals surface area contributed by atoms with Crippen molar-refractivity contribution in [1.29, 1.82) is 0 Å². The van der Waals surface area contributed by atoms with Crippen LogP contribution < -0.4 is 5.73 Å². The van der Waals surface area contributed by atoms with Crippen LogP contribution in [0.2, 0.25) is 0 Å². The van der Waals surface area contributed by atoms with Gasteiger partial charge in [0.1, 0.15) is 5.82 Å². The number of carboxylic acid groups (broad SMARTS) is 1. The molecule has 0 heterocycles. The molecule has 1 aromatic carbocycles. The van der Waals surface area contributed by atoms with Crippen LogP contribution >= 0.6 is 0 Å². The van der Waals surface area contributed by atoms with Crippen molar-refractivity contribution in [3.8, 4) is 0 Å². The van der Waals surface area contributed by atoms with Crippen molar-refractivity contribution >= 4 is 11.7 Å². The Bertz CT molecular complexity index is 455. The van der Waals surface area contributed by atoms with Gasteiger partial charge in [-0.3, -0.25) is 4.79 Å². The van der Waals surface area contributed by atoms with Crippen LogP contribution in [0.3, 0.4) is 0 Å². The molecule has 4 heteroatoms.